The summed E-state index contributed by atoms with van der Waals surface area (Å²) in [5.41, 5.74) is 2.96. The molecule has 0 aliphatic heterocycles. The minimum absolute atomic E-state index is 0.252. The van der Waals surface area contributed by atoms with E-state index in [2.05, 4.69) is 30.8 Å². The van der Waals surface area contributed by atoms with Crippen LogP contribution in [0.5, 0.6) is 5.75 Å². The van der Waals surface area contributed by atoms with E-state index in [9.17, 15) is 4.79 Å². The predicted octanol–water partition coefficient (Wildman–Crippen LogP) is 2.36. The molecule has 3 aromatic heterocycles. The van der Waals surface area contributed by atoms with Crippen LogP contribution in [0.2, 0.25) is 0 Å². The Kier molecular flexibility index (Phi) is 5.05. The van der Waals surface area contributed by atoms with Gasteiger partial charge >= 0.3 is 0 Å². The van der Waals surface area contributed by atoms with Gasteiger partial charge in [0.25, 0.3) is 5.91 Å². The van der Waals surface area contributed by atoms with Crippen molar-refractivity contribution < 1.29 is 9.53 Å². The summed E-state index contributed by atoms with van der Waals surface area (Å²) in [4.78, 5) is 21.2. The third-order valence-corrected chi connectivity index (χ3v) is 4.71. The summed E-state index contributed by atoms with van der Waals surface area (Å²) >= 11 is 0. The van der Waals surface area contributed by atoms with Crippen molar-refractivity contribution in [3.05, 3.63) is 42.5 Å². The van der Waals surface area contributed by atoms with Crippen molar-refractivity contribution in [2.24, 2.45) is 7.05 Å². The normalized spacial score (nSPS) is 10.9. The Bertz CT molecular complexity index is 1230. The van der Waals surface area contributed by atoms with Gasteiger partial charge in [-0.05, 0) is 19.1 Å². The van der Waals surface area contributed by atoms with Crippen molar-refractivity contribution in [1.82, 2.24) is 34.8 Å². The summed E-state index contributed by atoms with van der Waals surface area (Å²) in [6, 6.07) is 5.63. The number of aromatic nitrogens is 6. The van der Waals surface area contributed by atoms with E-state index < -0.39 is 0 Å². The number of para-hydroxylation sites is 1. The van der Waals surface area contributed by atoms with Gasteiger partial charge in [0.05, 0.1) is 35.0 Å². The highest BCUT2D eigenvalue weighted by atomic mass is 16.5. The molecule has 4 aromatic rings. The summed E-state index contributed by atoms with van der Waals surface area (Å²) in [6.45, 7) is 2.68. The number of benzene rings is 1. The van der Waals surface area contributed by atoms with Crippen molar-refractivity contribution in [3.63, 3.8) is 0 Å². The number of aryl methyl sites for hydroxylation is 2. The third kappa shape index (κ3) is 3.32. The molecule has 0 saturated carbocycles. The molecule has 3 heterocycles. The highest BCUT2D eigenvalue weighted by molar-refractivity contribution is 6.07. The van der Waals surface area contributed by atoms with E-state index in [1.54, 1.807) is 36.9 Å². The molecule has 10 heteroatoms. The van der Waals surface area contributed by atoms with Gasteiger partial charge in [0.2, 0.25) is 0 Å². The van der Waals surface area contributed by atoms with Gasteiger partial charge in [0.15, 0.2) is 17.2 Å². The lowest BCUT2D eigenvalue weighted by Crippen LogP contribution is -2.19. The molecule has 0 saturated heterocycles. The van der Waals surface area contributed by atoms with E-state index in [4.69, 9.17) is 4.74 Å². The molecule has 0 atom stereocenters. The molecule has 0 spiro atoms. The molecule has 0 bridgehead atoms. The minimum Gasteiger partial charge on any atom is -0.494 e. The number of rotatable bonds is 6. The molecule has 0 fully saturated rings. The first-order valence-electron chi connectivity index (χ1n) is 9.44. The Hall–Kier alpha value is -3.95. The van der Waals surface area contributed by atoms with Crippen LogP contribution in [0.4, 0.5) is 11.4 Å². The maximum Gasteiger partial charge on any atom is 0.254 e. The number of ether oxygens (including phenoxy) is 1. The quantitative estimate of drug-likeness (QED) is 0.505. The number of carbonyl (C=O) groups excluding carboxylic acids is 1. The standard InChI is InChI=1S/C20H22N8O2/c1-5-28-10-14-16(13(20(29)21-2)9-22-19(14)26-28)24-15-8-6-7-12(17(15)30-4)18-23-11-27(3)25-18/h6-11,24H,5H2,1-4H3,(H,21,29). The largest absolute Gasteiger partial charge is 0.494 e. The Morgan fingerprint density at radius 2 is 2.07 bits per heavy atom. The molecule has 0 radical (unpaired) electrons. The summed E-state index contributed by atoms with van der Waals surface area (Å²) in [5.74, 6) is 0.861. The summed E-state index contributed by atoms with van der Waals surface area (Å²) in [5, 5.41) is 15.6. The lowest BCUT2D eigenvalue weighted by Gasteiger charge is -2.16. The number of hydrogen-bond acceptors (Lipinski definition) is 7. The van der Waals surface area contributed by atoms with Crippen LogP contribution in [0.1, 0.15) is 17.3 Å². The Balaban J connectivity index is 1.88. The number of hydrogen-bond donors (Lipinski definition) is 2. The smallest absolute Gasteiger partial charge is 0.254 e. The third-order valence-electron chi connectivity index (χ3n) is 4.71. The van der Waals surface area contributed by atoms with Crippen LogP contribution in [-0.2, 0) is 13.6 Å². The molecule has 0 unspecified atom stereocenters. The van der Waals surface area contributed by atoms with Gasteiger partial charge < -0.3 is 15.4 Å². The fraction of sp³-hybridized carbons (Fsp3) is 0.250. The second kappa shape index (κ2) is 7.82. The van der Waals surface area contributed by atoms with Crippen molar-refractivity contribution in [1.29, 1.82) is 0 Å². The average molecular weight is 406 g/mol. The Morgan fingerprint density at radius 1 is 1.23 bits per heavy atom. The van der Waals surface area contributed by atoms with Gasteiger partial charge in [-0.3, -0.25) is 14.2 Å². The lowest BCUT2D eigenvalue weighted by atomic mass is 10.1. The highest BCUT2D eigenvalue weighted by Gasteiger charge is 2.20. The molecule has 0 aliphatic carbocycles. The number of anilines is 2. The maximum absolute atomic E-state index is 12.5. The van der Waals surface area contributed by atoms with Gasteiger partial charge in [0.1, 0.15) is 6.33 Å². The topological polar surface area (TPSA) is 112 Å². The van der Waals surface area contributed by atoms with Crippen molar-refractivity contribution in [3.8, 4) is 17.1 Å². The predicted molar refractivity (Wildman–Crippen MR) is 113 cm³/mol. The van der Waals surface area contributed by atoms with E-state index in [-0.39, 0.29) is 5.91 Å². The van der Waals surface area contributed by atoms with Gasteiger partial charge in [-0.15, -0.1) is 0 Å². The van der Waals surface area contributed by atoms with Crippen molar-refractivity contribution >= 4 is 28.3 Å². The van der Waals surface area contributed by atoms with E-state index in [1.807, 2.05) is 31.3 Å². The second-order valence-electron chi connectivity index (χ2n) is 6.60. The number of nitrogens with zero attached hydrogens (tertiary/aromatic N) is 6. The first kappa shape index (κ1) is 19.4. The second-order valence-corrected chi connectivity index (χ2v) is 6.60. The van der Waals surface area contributed by atoms with Crippen LogP contribution in [-0.4, -0.2) is 49.6 Å². The van der Waals surface area contributed by atoms with Gasteiger partial charge in [-0.1, -0.05) is 6.07 Å². The molecule has 1 aromatic carbocycles. The summed E-state index contributed by atoms with van der Waals surface area (Å²) in [7, 11) is 4.98. The van der Waals surface area contributed by atoms with E-state index in [0.29, 0.717) is 40.7 Å². The van der Waals surface area contributed by atoms with Crippen LogP contribution in [0.25, 0.3) is 22.4 Å². The SMILES string of the molecule is CCn1cc2c(Nc3cccc(-c4ncn(C)n4)c3OC)c(C(=O)NC)cnc2n1. The fourth-order valence-corrected chi connectivity index (χ4v) is 3.25. The molecule has 10 nitrogen and oxygen atoms in total. The van der Waals surface area contributed by atoms with Crippen LogP contribution in [0.3, 0.4) is 0 Å². The molecule has 30 heavy (non-hydrogen) atoms. The number of methoxy groups -OCH3 is 1. The zero-order chi connectivity index (χ0) is 21.3. The average Bonchev–Trinajstić information content (AvgIpc) is 3.39. The van der Waals surface area contributed by atoms with E-state index >= 15 is 0 Å². The first-order chi connectivity index (χ1) is 14.5. The highest BCUT2D eigenvalue weighted by Crippen LogP contribution is 2.38. The molecule has 154 valence electrons. The van der Waals surface area contributed by atoms with Crippen LogP contribution < -0.4 is 15.4 Å². The minimum atomic E-state index is -0.252. The zero-order valence-corrected chi connectivity index (χ0v) is 17.2. The summed E-state index contributed by atoms with van der Waals surface area (Å²) in [6.07, 6.45) is 5.02. The molecule has 4 rings (SSSR count). The fourth-order valence-electron chi connectivity index (χ4n) is 3.25. The molecular weight excluding hydrogens is 384 g/mol. The Labute approximate surface area is 172 Å². The van der Waals surface area contributed by atoms with Crippen LogP contribution >= 0.6 is 0 Å². The van der Waals surface area contributed by atoms with E-state index in [0.717, 1.165) is 10.9 Å². The number of nitrogens with one attached hydrogen (secondary N) is 2. The van der Waals surface area contributed by atoms with Crippen LogP contribution in [0, 0.1) is 0 Å². The monoisotopic (exact) mass is 406 g/mol. The molecule has 0 aliphatic rings. The molecular formula is C20H22N8O2. The number of amides is 1. The molecule has 1 amide bonds. The zero-order valence-electron chi connectivity index (χ0n) is 17.2. The van der Waals surface area contributed by atoms with Crippen LogP contribution in [0.15, 0.2) is 36.9 Å². The maximum atomic E-state index is 12.5. The number of pyridine rings is 1. The van der Waals surface area contributed by atoms with Gasteiger partial charge in [-0.25, -0.2) is 9.97 Å². The van der Waals surface area contributed by atoms with Gasteiger partial charge in [-0.2, -0.15) is 10.2 Å². The van der Waals surface area contributed by atoms with E-state index in [1.165, 1.54) is 6.20 Å². The Morgan fingerprint density at radius 3 is 2.73 bits per heavy atom. The van der Waals surface area contributed by atoms with Crippen molar-refractivity contribution in [2.45, 2.75) is 13.5 Å². The lowest BCUT2D eigenvalue weighted by molar-refractivity contribution is 0.0963. The number of fused-ring (bicyclic) bond motifs is 1. The van der Waals surface area contributed by atoms with Crippen molar-refractivity contribution in [2.75, 3.05) is 19.5 Å². The van der Waals surface area contributed by atoms with Gasteiger partial charge in [0, 0.05) is 33.0 Å². The summed E-state index contributed by atoms with van der Waals surface area (Å²) < 4.78 is 9.10. The number of carbonyl (C=O) groups is 1. The molecule has 2 N–H and O–H groups in total. The first-order valence-corrected chi connectivity index (χ1v) is 9.44.